The minimum absolute atomic E-state index is 0.0157. The van der Waals surface area contributed by atoms with Crippen LogP contribution in [0.15, 0.2) is 41.6 Å². The highest BCUT2D eigenvalue weighted by Crippen LogP contribution is 2.33. The Morgan fingerprint density at radius 2 is 2.07 bits per heavy atom. The van der Waals surface area contributed by atoms with Gasteiger partial charge >= 0.3 is 12.3 Å². The lowest BCUT2D eigenvalue weighted by atomic mass is 10.2. The quantitative estimate of drug-likeness (QED) is 0.349. The van der Waals surface area contributed by atoms with Gasteiger partial charge in [-0.3, -0.25) is 10.1 Å². The van der Waals surface area contributed by atoms with Gasteiger partial charge in [0.05, 0.1) is 25.0 Å². The van der Waals surface area contributed by atoms with Crippen LogP contribution in [0.25, 0.3) is 11.2 Å². The number of ether oxygens (including phenoxy) is 3. The zero-order chi connectivity index (χ0) is 29.3. The maximum Gasteiger partial charge on any atom is 0.417 e. The van der Waals surface area contributed by atoms with Crippen molar-refractivity contribution in [2.24, 2.45) is 14.1 Å². The molecule has 1 aliphatic rings. The zero-order valence-electron chi connectivity index (χ0n) is 21.5. The smallest absolute Gasteiger partial charge is 0.417 e. The predicted molar refractivity (Wildman–Crippen MR) is 137 cm³/mol. The van der Waals surface area contributed by atoms with Crippen LogP contribution in [0, 0.1) is 11.3 Å². The molecule has 0 aromatic carbocycles. The Balaban J connectivity index is 1.41. The minimum Gasteiger partial charge on any atom is -0.454 e. The first kappa shape index (κ1) is 27.4. The number of nitrogens with one attached hydrogen (secondary N) is 2. The average molecular weight is 570 g/mol. The molecule has 5 heterocycles. The van der Waals surface area contributed by atoms with Crippen molar-refractivity contribution in [3.8, 4) is 17.6 Å². The molecule has 0 bridgehead atoms. The summed E-state index contributed by atoms with van der Waals surface area (Å²) in [4.78, 5) is 37.2. The summed E-state index contributed by atoms with van der Waals surface area (Å²) in [5.41, 5.74) is -1.82. The number of carbonyl (C=O) groups is 1. The molecule has 1 saturated heterocycles. The van der Waals surface area contributed by atoms with E-state index in [0.717, 1.165) is 4.57 Å². The van der Waals surface area contributed by atoms with Crippen LogP contribution in [0.1, 0.15) is 17.5 Å². The zero-order valence-corrected chi connectivity index (χ0v) is 21.5. The van der Waals surface area contributed by atoms with Crippen LogP contribution >= 0.6 is 0 Å². The lowest BCUT2D eigenvalue weighted by Gasteiger charge is -2.13. The van der Waals surface area contributed by atoms with E-state index in [2.05, 4.69) is 25.6 Å². The van der Waals surface area contributed by atoms with Crippen LogP contribution in [-0.4, -0.2) is 49.5 Å². The first-order valence-corrected chi connectivity index (χ1v) is 12.0. The highest BCUT2D eigenvalue weighted by atomic mass is 19.4. The molecule has 16 heteroatoms. The minimum atomic E-state index is -4.68. The van der Waals surface area contributed by atoms with E-state index in [0.29, 0.717) is 31.9 Å². The van der Waals surface area contributed by atoms with Gasteiger partial charge in [0.2, 0.25) is 5.95 Å². The number of carbonyl (C=O) groups excluding carboxylic acids is 1. The fraction of sp³-hybridized carbons (Fsp3) is 0.280. The molecule has 0 unspecified atom stereocenters. The number of nitrogens with zero attached hydrogens (tertiary/aromatic N) is 6. The SMILES string of the molecule is Cn1cc(C(F)(F)F)cc(Nc2nc3ncc(Oc4ccnc(NC(=O)O[C@@H]5CCOC5)c4)c(C#N)c3n2C)c1=O. The molecule has 0 saturated carbocycles. The summed E-state index contributed by atoms with van der Waals surface area (Å²) < 4.78 is 58.4. The lowest BCUT2D eigenvalue weighted by Crippen LogP contribution is -2.23. The number of imidazole rings is 1. The first-order chi connectivity index (χ1) is 19.5. The largest absolute Gasteiger partial charge is 0.454 e. The molecule has 4 aromatic heterocycles. The van der Waals surface area contributed by atoms with E-state index in [1.165, 1.54) is 43.2 Å². The number of aryl methyl sites for hydroxylation is 2. The van der Waals surface area contributed by atoms with Crippen molar-refractivity contribution < 1.29 is 32.2 Å². The number of rotatable bonds is 6. The van der Waals surface area contributed by atoms with Gasteiger partial charge in [0.25, 0.3) is 5.56 Å². The van der Waals surface area contributed by atoms with Crippen LogP contribution in [0.4, 0.5) is 35.4 Å². The molecule has 4 aromatic rings. The van der Waals surface area contributed by atoms with Crippen LogP contribution in [0.5, 0.6) is 11.5 Å². The summed E-state index contributed by atoms with van der Waals surface area (Å²) in [7, 11) is 2.70. The second-order valence-electron chi connectivity index (χ2n) is 8.95. The fourth-order valence-corrected chi connectivity index (χ4v) is 4.09. The number of amides is 1. The molecule has 2 N–H and O–H groups in total. The van der Waals surface area contributed by atoms with Crippen LogP contribution < -0.4 is 20.9 Å². The van der Waals surface area contributed by atoms with Crippen molar-refractivity contribution in [2.45, 2.75) is 18.7 Å². The summed E-state index contributed by atoms with van der Waals surface area (Å²) in [6.07, 6.45) is -1.82. The molecule has 5 rings (SSSR count). The lowest BCUT2D eigenvalue weighted by molar-refractivity contribution is -0.138. The number of hydrogen-bond acceptors (Lipinski definition) is 10. The molecule has 13 nitrogen and oxygen atoms in total. The third-order valence-corrected chi connectivity index (χ3v) is 6.08. The topological polar surface area (TPSA) is 158 Å². The van der Waals surface area contributed by atoms with Crippen molar-refractivity contribution in [1.29, 1.82) is 5.26 Å². The van der Waals surface area contributed by atoms with E-state index in [1.807, 2.05) is 6.07 Å². The van der Waals surface area contributed by atoms with Gasteiger partial charge in [0.1, 0.15) is 40.5 Å². The molecule has 0 radical (unpaired) electrons. The second kappa shape index (κ2) is 10.8. The van der Waals surface area contributed by atoms with Gasteiger partial charge in [-0.25, -0.2) is 14.8 Å². The molecule has 1 amide bonds. The number of aromatic nitrogens is 5. The molecule has 212 valence electrons. The predicted octanol–water partition coefficient (Wildman–Crippen LogP) is 3.83. The van der Waals surface area contributed by atoms with Gasteiger partial charge in [-0.15, -0.1) is 0 Å². The molecule has 41 heavy (non-hydrogen) atoms. The van der Waals surface area contributed by atoms with Gasteiger partial charge in [-0.2, -0.15) is 23.4 Å². The monoisotopic (exact) mass is 570 g/mol. The van der Waals surface area contributed by atoms with E-state index >= 15 is 0 Å². The highest BCUT2D eigenvalue weighted by Gasteiger charge is 2.32. The Labute approximate surface area is 229 Å². The van der Waals surface area contributed by atoms with Gasteiger partial charge < -0.3 is 28.7 Å². The van der Waals surface area contributed by atoms with Gasteiger partial charge in [-0.05, 0) is 12.1 Å². The van der Waals surface area contributed by atoms with Gasteiger partial charge in [0, 0.05) is 39.0 Å². The van der Waals surface area contributed by atoms with E-state index in [9.17, 15) is 28.0 Å². The number of alkyl halides is 3. The first-order valence-electron chi connectivity index (χ1n) is 12.0. The Kier molecular flexibility index (Phi) is 7.20. The average Bonchev–Trinajstić information content (AvgIpc) is 3.54. The van der Waals surface area contributed by atoms with E-state index < -0.39 is 23.4 Å². The van der Waals surface area contributed by atoms with E-state index in [4.69, 9.17) is 14.2 Å². The van der Waals surface area contributed by atoms with Gasteiger partial charge in [-0.1, -0.05) is 0 Å². The number of pyridine rings is 3. The summed E-state index contributed by atoms with van der Waals surface area (Å²) in [5.74, 6) is 0.352. The second-order valence-corrected chi connectivity index (χ2v) is 8.95. The summed E-state index contributed by atoms with van der Waals surface area (Å²) in [6.45, 7) is 0.829. The number of fused-ring (bicyclic) bond motifs is 1. The van der Waals surface area contributed by atoms with E-state index in [-0.39, 0.29) is 51.8 Å². The molecular formula is C25H21F3N8O5. The molecule has 1 atom stereocenters. The Morgan fingerprint density at radius 3 is 2.78 bits per heavy atom. The Morgan fingerprint density at radius 1 is 1.27 bits per heavy atom. The number of anilines is 3. The number of nitriles is 1. The standard InChI is InChI=1S/C25H21F3N8O5/c1-35-11-13(25(26,27)28)7-17(22(35)37)32-23-34-21-20(36(23)2)16(9-29)18(10-31-21)40-14-3-5-30-19(8-14)33-24(38)41-15-4-6-39-12-15/h3,5,7-8,10-11,15H,4,6,12H2,1-2H3,(H,30,33,38)(H,31,32,34)/t15-/m1/s1. The Bertz CT molecular complexity index is 1740. The summed E-state index contributed by atoms with van der Waals surface area (Å²) in [5, 5.41) is 15.1. The molecule has 1 fully saturated rings. The van der Waals surface area contributed by atoms with Gasteiger partial charge in [0.15, 0.2) is 11.4 Å². The summed E-state index contributed by atoms with van der Waals surface area (Å²) >= 11 is 0. The number of hydrogen-bond donors (Lipinski definition) is 2. The maximum atomic E-state index is 13.3. The molecular weight excluding hydrogens is 549 g/mol. The Hall–Kier alpha value is -5.17. The maximum absolute atomic E-state index is 13.3. The van der Waals surface area contributed by atoms with Crippen LogP contribution in [0.3, 0.4) is 0 Å². The molecule has 0 aliphatic carbocycles. The highest BCUT2D eigenvalue weighted by molar-refractivity contribution is 5.85. The molecule has 1 aliphatic heterocycles. The van der Waals surface area contributed by atoms with Crippen molar-refractivity contribution in [2.75, 3.05) is 23.8 Å². The van der Waals surface area contributed by atoms with Crippen molar-refractivity contribution in [1.82, 2.24) is 24.1 Å². The third kappa shape index (κ3) is 5.75. The normalized spacial score (nSPS) is 15.0. The molecule has 0 spiro atoms. The number of halogens is 3. The third-order valence-electron chi connectivity index (χ3n) is 6.08. The van der Waals surface area contributed by atoms with Crippen LogP contribution in [-0.2, 0) is 29.7 Å². The van der Waals surface area contributed by atoms with Crippen LogP contribution in [0.2, 0.25) is 0 Å². The van der Waals surface area contributed by atoms with E-state index in [1.54, 1.807) is 0 Å². The van der Waals surface area contributed by atoms with Crippen molar-refractivity contribution >= 4 is 34.7 Å². The summed E-state index contributed by atoms with van der Waals surface area (Å²) in [6, 6.07) is 5.62. The fourth-order valence-electron chi connectivity index (χ4n) is 4.09. The van der Waals surface area contributed by atoms with Crippen molar-refractivity contribution in [3.05, 3.63) is 58.3 Å². The van der Waals surface area contributed by atoms with Crippen molar-refractivity contribution in [3.63, 3.8) is 0 Å².